The first kappa shape index (κ1) is 13.8. The molecule has 1 aromatic rings. The van der Waals surface area contributed by atoms with Gasteiger partial charge in [-0.1, -0.05) is 22.0 Å². The third kappa shape index (κ3) is 2.87. The highest BCUT2D eigenvalue weighted by molar-refractivity contribution is 9.10. The van der Waals surface area contributed by atoms with E-state index in [9.17, 15) is 5.11 Å². The molecular weight excluding hydrogens is 292 g/mol. The van der Waals surface area contributed by atoms with Crippen molar-refractivity contribution in [2.45, 2.75) is 25.5 Å². The normalized spacial score (nSPS) is 21.7. The van der Waals surface area contributed by atoms with Crippen LogP contribution < -0.4 is 4.90 Å². The lowest BCUT2D eigenvalue weighted by molar-refractivity contribution is 0.198. The van der Waals surface area contributed by atoms with Crippen molar-refractivity contribution in [3.05, 3.63) is 28.2 Å². The maximum Gasteiger partial charge on any atom is 0.0772 e. The van der Waals surface area contributed by atoms with Crippen molar-refractivity contribution in [2.24, 2.45) is 0 Å². The van der Waals surface area contributed by atoms with E-state index in [2.05, 4.69) is 52.0 Å². The van der Waals surface area contributed by atoms with Gasteiger partial charge in [0.2, 0.25) is 0 Å². The third-order valence-electron chi connectivity index (χ3n) is 3.69. The predicted octanol–water partition coefficient (Wildman–Crippen LogP) is 2.64. The molecule has 2 rings (SSSR count). The number of anilines is 1. The summed E-state index contributed by atoms with van der Waals surface area (Å²) in [5.74, 6) is 0. The van der Waals surface area contributed by atoms with Crippen LogP contribution in [0.15, 0.2) is 22.7 Å². The van der Waals surface area contributed by atoms with Gasteiger partial charge in [0.1, 0.15) is 0 Å². The van der Waals surface area contributed by atoms with Crippen molar-refractivity contribution in [2.75, 3.05) is 32.1 Å². The largest absolute Gasteiger partial charge is 0.389 e. The second kappa shape index (κ2) is 5.59. The van der Waals surface area contributed by atoms with Gasteiger partial charge in [-0.25, -0.2) is 0 Å². The maximum absolute atomic E-state index is 9.63. The number of aliphatic hydroxyl groups excluding tert-OH is 1. The molecule has 1 aliphatic rings. The summed E-state index contributed by atoms with van der Waals surface area (Å²) >= 11 is 3.54. The second-order valence-corrected chi connectivity index (χ2v) is 6.09. The molecular formula is C14H21BrN2O. The van der Waals surface area contributed by atoms with E-state index in [0.717, 1.165) is 23.1 Å². The average molecular weight is 313 g/mol. The van der Waals surface area contributed by atoms with Crippen LogP contribution in [0.3, 0.4) is 0 Å². The Balaban J connectivity index is 2.13. The van der Waals surface area contributed by atoms with Crippen molar-refractivity contribution in [1.82, 2.24) is 4.90 Å². The highest BCUT2D eigenvalue weighted by Gasteiger charge is 2.24. The van der Waals surface area contributed by atoms with Crippen LogP contribution in [0.2, 0.25) is 0 Å². The van der Waals surface area contributed by atoms with E-state index >= 15 is 0 Å². The summed E-state index contributed by atoms with van der Waals surface area (Å²) in [7, 11) is 4.28. The molecule has 0 aromatic heterocycles. The molecule has 1 saturated heterocycles. The molecule has 0 bridgehead atoms. The fourth-order valence-corrected chi connectivity index (χ4v) is 3.15. The van der Waals surface area contributed by atoms with Gasteiger partial charge in [-0.05, 0) is 45.1 Å². The highest BCUT2D eigenvalue weighted by Crippen LogP contribution is 2.30. The third-order valence-corrected chi connectivity index (χ3v) is 4.38. The summed E-state index contributed by atoms with van der Waals surface area (Å²) in [6.07, 6.45) is 0.782. The molecule has 3 nitrogen and oxygen atoms in total. The lowest BCUT2D eigenvalue weighted by Crippen LogP contribution is -2.31. The van der Waals surface area contributed by atoms with Crippen LogP contribution in [0.4, 0.5) is 5.69 Å². The minimum Gasteiger partial charge on any atom is -0.389 e. The van der Waals surface area contributed by atoms with E-state index in [-0.39, 0.29) is 0 Å². The molecule has 0 spiro atoms. The Hall–Kier alpha value is -0.580. The first-order chi connectivity index (χ1) is 8.49. The van der Waals surface area contributed by atoms with Crippen molar-refractivity contribution >= 4 is 21.6 Å². The number of benzene rings is 1. The molecule has 1 aromatic carbocycles. The van der Waals surface area contributed by atoms with Crippen LogP contribution in [0, 0.1) is 0 Å². The Morgan fingerprint density at radius 2 is 2.17 bits per heavy atom. The number of hydrogen-bond acceptors (Lipinski definition) is 3. The Kier molecular flexibility index (Phi) is 4.30. The minimum absolute atomic E-state index is 0.429. The molecule has 0 radical (unpaired) electrons. The summed E-state index contributed by atoms with van der Waals surface area (Å²) in [6, 6.07) is 6.86. The van der Waals surface area contributed by atoms with Gasteiger partial charge in [-0.2, -0.15) is 0 Å². The minimum atomic E-state index is -0.429. The molecule has 100 valence electrons. The van der Waals surface area contributed by atoms with Gasteiger partial charge in [-0.15, -0.1) is 0 Å². The quantitative estimate of drug-likeness (QED) is 0.929. The van der Waals surface area contributed by atoms with Gasteiger partial charge in [0.15, 0.2) is 0 Å². The van der Waals surface area contributed by atoms with Gasteiger partial charge >= 0.3 is 0 Å². The van der Waals surface area contributed by atoms with Crippen LogP contribution in [-0.4, -0.2) is 43.2 Å². The Morgan fingerprint density at radius 1 is 1.44 bits per heavy atom. The van der Waals surface area contributed by atoms with Crippen LogP contribution in [0.1, 0.15) is 25.0 Å². The maximum atomic E-state index is 9.63. The fourth-order valence-electron chi connectivity index (χ4n) is 2.45. The smallest absolute Gasteiger partial charge is 0.0772 e. The molecule has 1 unspecified atom stereocenters. The van der Waals surface area contributed by atoms with Crippen molar-refractivity contribution in [3.63, 3.8) is 0 Å². The van der Waals surface area contributed by atoms with Crippen LogP contribution in [0.5, 0.6) is 0 Å². The van der Waals surface area contributed by atoms with Gasteiger partial charge in [-0.3, -0.25) is 0 Å². The first-order valence-corrected chi connectivity index (χ1v) is 7.17. The van der Waals surface area contributed by atoms with Gasteiger partial charge < -0.3 is 14.9 Å². The van der Waals surface area contributed by atoms with Crippen molar-refractivity contribution in [3.8, 4) is 0 Å². The Labute approximate surface area is 118 Å². The van der Waals surface area contributed by atoms with E-state index in [0.29, 0.717) is 6.04 Å². The molecule has 0 aliphatic carbocycles. The van der Waals surface area contributed by atoms with Crippen LogP contribution >= 0.6 is 15.9 Å². The number of nitrogens with zero attached hydrogens (tertiary/aromatic N) is 2. The van der Waals surface area contributed by atoms with Crippen LogP contribution in [0.25, 0.3) is 0 Å². The van der Waals surface area contributed by atoms with E-state index in [1.165, 1.54) is 12.1 Å². The van der Waals surface area contributed by atoms with E-state index < -0.39 is 6.10 Å². The second-order valence-electron chi connectivity index (χ2n) is 5.23. The zero-order valence-corrected chi connectivity index (χ0v) is 12.8. The molecule has 1 fully saturated rings. The fraction of sp³-hybridized carbons (Fsp3) is 0.571. The van der Waals surface area contributed by atoms with E-state index in [1.54, 1.807) is 6.92 Å². The first-order valence-electron chi connectivity index (χ1n) is 6.38. The lowest BCUT2D eigenvalue weighted by Gasteiger charge is -2.22. The Morgan fingerprint density at radius 3 is 2.67 bits per heavy atom. The molecule has 1 heterocycles. The summed E-state index contributed by atoms with van der Waals surface area (Å²) in [5, 5.41) is 9.63. The molecule has 1 N–H and O–H groups in total. The molecule has 0 amide bonds. The van der Waals surface area contributed by atoms with Gasteiger partial charge in [0, 0.05) is 29.3 Å². The Bertz CT molecular complexity index is 420. The van der Waals surface area contributed by atoms with Gasteiger partial charge in [0.05, 0.1) is 6.10 Å². The van der Waals surface area contributed by atoms with E-state index in [1.807, 2.05) is 6.07 Å². The van der Waals surface area contributed by atoms with Crippen molar-refractivity contribution in [1.29, 1.82) is 0 Å². The molecule has 1 aliphatic heterocycles. The predicted molar refractivity (Wildman–Crippen MR) is 79.1 cm³/mol. The number of hydrogen-bond donors (Lipinski definition) is 1. The summed E-state index contributed by atoms with van der Waals surface area (Å²) in [4.78, 5) is 4.69. The molecule has 0 saturated carbocycles. The monoisotopic (exact) mass is 312 g/mol. The zero-order valence-electron chi connectivity index (χ0n) is 11.2. The SMILES string of the molecule is C[C@H](O)c1ccc(N2CCC(N(C)C)C2)cc1Br. The highest BCUT2D eigenvalue weighted by atomic mass is 79.9. The number of halogens is 1. The summed E-state index contributed by atoms with van der Waals surface area (Å²) in [6.45, 7) is 3.97. The lowest BCUT2D eigenvalue weighted by atomic mass is 10.1. The van der Waals surface area contributed by atoms with Gasteiger partial charge in [0.25, 0.3) is 0 Å². The topological polar surface area (TPSA) is 26.7 Å². The summed E-state index contributed by atoms with van der Waals surface area (Å²) in [5.41, 5.74) is 2.18. The number of likely N-dealkylation sites (N-methyl/N-ethyl adjacent to an activating group) is 1. The summed E-state index contributed by atoms with van der Waals surface area (Å²) < 4.78 is 0.989. The molecule has 18 heavy (non-hydrogen) atoms. The van der Waals surface area contributed by atoms with Crippen LogP contribution in [-0.2, 0) is 0 Å². The molecule has 2 atom stereocenters. The number of rotatable bonds is 3. The standard InChI is InChI=1S/C14H21BrN2O/c1-10(18)13-5-4-11(8-14(13)15)17-7-6-12(9-17)16(2)3/h4-5,8,10,12,18H,6-7,9H2,1-3H3/t10-,12?/m0/s1. The molecule has 4 heteroatoms. The van der Waals surface area contributed by atoms with E-state index in [4.69, 9.17) is 0 Å². The van der Waals surface area contributed by atoms with Crippen molar-refractivity contribution < 1.29 is 5.11 Å². The number of aliphatic hydroxyl groups is 1. The average Bonchev–Trinajstić information content (AvgIpc) is 2.77. The zero-order chi connectivity index (χ0) is 13.3.